The molecule has 0 saturated heterocycles. The van der Waals surface area contributed by atoms with Gasteiger partial charge >= 0.3 is 0 Å². The van der Waals surface area contributed by atoms with Gasteiger partial charge in [-0.05, 0) is 60.2 Å². The van der Waals surface area contributed by atoms with E-state index in [1.165, 1.54) is 4.57 Å². The first-order chi connectivity index (χ1) is 14.0. The molecule has 0 aliphatic heterocycles. The lowest BCUT2D eigenvalue weighted by molar-refractivity contribution is 0.0951. The van der Waals surface area contributed by atoms with Gasteiger partial charge in [0.2, 0.25) is 0 Å². The van der Waals surface area contributed by atoms with Gasteiger partial charge in [-0.15, -0.1) is 0 Å². The molecule has 4 aromatic rings. The third kappa shape index (κ3) is 3.96. The fourth-order valence-electron chi connectivity index (χ4n) is 2.94. The fourth-order valence-corrected chi connectivity index (χ4v) is 3.35. The number of aromatic amines is 1. The topological polar surface area (TPSA) is 79.8 Å². The molecule has 4 rings (SSSR count). The number of carbonyl (C=O) groups excluding carboxylic acids is 1. The Hall–Kier alpha value is -3.29. The van der Waals surface area contributed by atoms with Crippen molar-refractivity contribution in [2.75, 3.05) is 0 Å². The number of nitrogens with one attached hydrogen (secondary N) is 2. The maximum Gasteiger partial charge on any atom is 0.267 e. The molecule has 1 amide bonds. The molecule has 8 heteroatoms. The summed E-state index contributed by atoms with van der Waals surface area (Å²) in [5, 5.41) is 3.91. The van der Waals surface area contributed by atoms with Crippen molar-refractivity contribution in [3.63, 3.8) is 0 Å². The Balaban J connectivity index is 1.64. The quantitative estimate of drug-likeness (QED) is 0.487. The minimum Gasteiger partial charge on any atom is -0.348 e. The third-order valence-electron chi connectivity index (χ3n) is 4.40. The van der Waals surface area contributed by atoms with Crippen molar-refractivity contribution in [3.8, 4) is 5.82 Å². The van der Waals surface area contributed by atoms with Crippen molar-refractivity contribution in [2.45, 2.75) is 6.54 Å². The van der Waals surface area contributed by atoms with E-state index >= 15 is 0 Å². The van der Waals surface area contributed by atoms with E-state index in [2.05, 4.69) is 15.3 Å². The molecule has 0 bridgehead atoms. The molecule has 2 N–H and O–H groups in total. The normalized spacial score (nSPS) is 10.8. The number of carbonyl (C=O) groups is 1. The second-order valence-electron chi connectivity index (χ2n) is 6.33. The summed E-state index contributed by atoms with van der Waals surface area (Å²) in [6.07, 6.45) is 1.59. The summed E-state index contributed by atoms with van der Waals surface area (Å²) >= 11 is 11.2. The number of pyridine rings is 1. The van der Waals surface area contributed by atoms with Gasteiger partial charge in [0.15, 0.2) is 4.77 Å². The Labute approximate surface area is 175 Å². The zero-order valence-corrected chi connectivity index (χ0v) is 16.6. The van der Waals surface area contributed by atoms with Crippen LogP contribution in [-0.4, -0.2) is 20.4 Å². The highest BCUT2D eigenvalue weighted by molar-refractivity contribution is 7.71. The van der Waals surface area contributed by atoms with E-state index in [0.29, 0.717) is 33.9 Å². The van der Waals surface area contributed by atoms with Crippen molar-refractivity contribution in [1.82, 2.24) is 19.9 Å². The van der Waals surface area contributed by atoms with Crippen LogP contribution < -0.4 is 10.9 Å². The monoisotopic (exact) mass is 422 g/mol. The van der Waals surface area contributed by atoms with Crippen molar-refractivity contribution in [3.05, 3.63) is 98.1 Å². The van der Waals surface area contributed by atoms with Gasteiger partial charge in [0, 0.05) is 23.3 Å². The number of hydrogen-bond donors (Lipinski definition) is 2. The molecule has 0 unspecified atom stereocenters. The third-order valence-corrected chi connectivity index (χ3v) is 4.94. The van der Waals surface area contributed by atoms with Gasteiger partial charge in [-0.2, -0.15) is 0 Å². The van der Waals surface area contributed by atoms with E-state index in [1.807, 2.05) is 12.1 Å². The predicted octanol–water partition coefficient (Wildman–Crippen LogP) is 4.03. The summed E-state index contributed by atoms with van der Waals surface area (Å²) in [6, 6.07) is 17.3. The highest BCUT2D eigenvalue weighted by Gasteiger charge is 2.12. The van der Waals surface area contributed by atoms with E-state index in [9.17, 15) is 9.59 Å². The Morgan fingerprint density at radius 3 is 2.66 bits per heavy atom. The van der Waals surface area contributed by atoms with E-state index in [0.717, 1.165) is 5.56 Å². The lowest BCUT2D eigenvalue weighted by atomic mass is 10.1. The number of H-pyrrole nitrogens is 1. The maximum absolute atomic E-state index is 12.9. The number of fused-ring (bicyclic) bond motifs is 1. The van der Waals surface area contributed by atoms with Crippen molar-refractivity contribution in [1.29, 1.82) is 0 Å². The standard InChI is InChI=1S/C21H15ClN4O2S/c22-15-7-4-13(5-8-15)12-24-19(27)14-6-9-16-17(11-14)25-21(29)26(20(16)28)18-3-1-2-10-23-18/h1-11H,12H2,(H,24,27)(H,25,29). The number of nitrogens with zero attached hydrogens (tertiary/aromatic N) is 2. The summed E-state index contributed by atoms with van der Waals surface area (Å²) < 4.78 is 1.54. The number of halogens is 1. The van der Waals surface area contributed by atoms with Crippen LogP contribution in [0.15, 0.2) is 71.7 Å². The first-order valence-corrected chi connectivity index (χ1v) is 9.55. The SMILES string of the molecule is O=C(NCc1ccc(Cl)cc1)c1ccc2c(=O)n(-c3ccccn3)c(=S)[nH]c2c1. The summed E-state index contributed by atoms with van der Waals surface area (Å²) in [7, 11) is 0. The molecule has 0 atom stereocenters. The zero-order chi connectivity index (χ0) is 20.4. The van der Waals surface area contributed by atoms with Crippen LogP contribution in [0.5, 0.6) is 0 Å². The molecule has 0 fully saturated rings. The molecule has 144 valence electrons. The first-order valence-electron chi connectivity index (χ1n) is 8.76. The van der Waals surface area contributed by atoms with Gasteiger partial charge in [0.05, 0.1) is 10.9 Å². The van der Waals surface area contributed by atoms with Gasteiger partial charge < -0.3 is 10.3 Å². The van der Waals surface area contributed by atoms with E-state index < -0.39 is 0 Å². The molecule has 2 heterocycles. The lowest BCUT2D eigenvalue weighted by Crippen LogP contribution is -2.24. The molecule has 0 spiro atoms. The molecule has 0 radical (unpaired) electrons. The fraction of sp³-hybridized carbons (Fsp3) is 0.0476. The largest absolute Gasteiger partial charge is 0.348 e. The summed E-state index contributed by atoms with van der Waals surface area (Å²) in [6.45, 7) is 0.366. The number of aromatic nitrogens is 3. The molecule has 2 aromatic carbocycles. The van der Waals surface area contributed by atoms with Crippen LogP contribution in [0.3, 0.4) is 0 Å². The van der Waals surface area contributed by atoms with Crippen LogP contribution in [-0.2, 0) is 6.54 Å². The van der Waals surface area contributed by atoms with Crippen LogP contribution >= 0.6 is 23.8 Å². The highest BCUT2D eigenvalue weighted by atomic mass is 35.5. The lowest BCUT2D eigenvalue weighted by Gasteiger charge is -2.09. The summed E-state index contributed by atoms with van der Waals surface area (Å²) in [5.74, 6) is 0.181. The number of benzene rings is 2. The average molecular weight is 423 g/mol. The smallest absolute Gasteiger partial charge is 0.267 e. The maximum atomic E-state index is 12.9. The number of amides is 1. The summed E-state index contributed by atoms with van der Waals surface area (Å²) in [5.41, 5.74) is 1.55. The van der Waals surface area contributed by atoms with Crippen LogP contribution in [0, 0.1) is 4.77 Å². The first kappa shape index (κ1) is 19.0. The Morgan fingerprint density at radius 1 is 1.14 bits per heavy atom. The van der Waals surface area contributed by atoms with Gasteiger partial charge in [0.1, 0.15) is 5.82 Å². The van der Waals surface area contributed by atoms with Crippen molar-refractivity contribution in [2.24, 2.45) is 0 Å². The van der Waals surface area contributed by atoms with Crippen molar-refractivity contribution < 1.29 is 4.79 Å². The molecule has 6 nitrogen and oxygen atoms in total. The van der Waals surface area contributed by atoms with Crippen LogP contribution in [0.2, 0.25) is 5.02 Å². The van der Waals surface area contributed by atoms with Gasteiger partial charge in [-0.1, -0.05) is 29.8 Å². The Morgan fingerprint density at radius 2 is 1.93 bits per heavy atom. The van der Waals surface area contributed by atoms with E-state index in [-0.39, 0.29) is 16.2 Å². The molecule has 2 aromatic heterocycles. The molecular formula is C21H15ClN4O2S. The number of rotatable bonds is 4. The van der Waals surface area contributed by atoms with Gasteiger partial charge in [-0.3, -0.25) is 9.59 Å². The van der Waals surface area contributed by atoms with Crippen LogP contribution in [0.4, 0.5) is 0 Å². The van der Waals surface area contributed by atoms with E-state index in [1.54, 1.807) is 54.7 Å². The van der Waals surface area contributed by atoms with E-state index in [4.69, 9.17) is 23.8 Å². The molecule has 0 saturated carbocycles. The molecule has 29 heavy (non-hydrogen) atoms. The number of hydrogen-bond acceptors (Lipinski definition) is 4. The predicted molar refractivity (Wildman–Crippen MR) is 115 cm³/mol. The minimum atomic E-state index is -0.296. The zero-order valence-electron chi connectivity index (χ0n) is 15.1. The Bertz CT molecular complexity index is 1310. The second-order valence-corrected chi connectivity index (χ2v) is 7.15. The summed E-state index contributed by atoms with van der Waals surface area (Å²) in [4.78, 5) is 32.6. The Kier molecular flexibility index (Phi) is 5.24. The van der Waals surface area contributed by atoms with Crippen molar-refractivity contribution >= 4 is 40.6 Å². The average Bonchev–Trinajstić information content (AvgIpc) is 2.73. The van der Waals surface area contributed by atoms with Gasteiger partial charge in [-0.25, -0.2) is 9.55 Å². The molecule has 0 aliphatic rings. The molecular weight excluding hydrogens is 408 g/mol. The highest BCUT2D eigenvalue weighted by Crippen LogP contribution is 2.13. The second kappa shape index (κ2) is 7.98. The minimum absolute atomic E-state index is 0.208. The van der Waals surface area contributed by atoms with Gasteiger partial charge in [0.25, 0.3) is 11.5 Å². The van der Waals surface area contributed by atoms with Crippen LogP contribution in [0.25, 0.3) is 16.7 Å². The van der Waals surface area contributed by atoms with Crippen LogP contribution in [0.1, 0.15) is 15.9 Å². The molecule has 0 aliphatic carbocycles.